The first-order valence-corrected chi connectivity index (χ1v) is 9.53. The molecule has 4 rings (SSSR count). The number of likely N-dealkylation sites (N-methyl/N-ethyl adjacent to an activating group) is 1. The van der Waals surface area contributed by atoms with Crippen molar-refractivity contribution in [1.82, 2.24) is 19.4 Å². The van der Waals surface area contributed by atoms with Crippen molar-refractivity contribution in [3.63, 3.8) is 0 Å². The van der Waals surface area contributed by atoms with E-state index in [-0.39, 0.29) is 5.91 Å². The molecule has 1 aromatic heterocycles. The number of carbonyl (C=O) groups is 1. The molecule has 1 saturated heterocycles. The van der Waals surface area contributed by atoms with Crippen molar-refractivity contribution in [3.8, 4) is 0 Å². The van der Waals surface area contributed by atoms with Crippen LogP contribution in [0.5, 0.6) is 0 Å². The highest BCUT2D eigenvalue weighted by Gasteiger charge is 2.26. The smallest absolute Gasteiger partial charge is 0.236 e. The second kappa shape index (κ2) is 7.53. The highest BCUT2D eigenvalue weighted by molar-refractivity contribution is 5.78. The summed E-state index contributed by atoms with van der Waals surface area (Å²) in [5.41, 5.74) is 3.44. The lowest BCUT2D eigenvalue weighted by Gasteiger charge is -2.21. The molecule has 5 nitrogen and oxygen atoms in total. The van der Waals surface area contributed by atoms with Crippen LogP contribution in [0.15, 0.2) is 54.6 Å². The standard InChI is InChI=1S/C22H26N4O/c1-24(15-21-23-19-10-6-7-11-20(19)25(21)2)22(27)16-26-13-12-18(14-26)17-8-4-3-5-9-17/h3-11,18H,12-16H2,1-2H3. The Morgan fingerprint density at radius 3 is 2.67 bits per heavy atom. The Labute approximate surface area is 160 Å². The lowest BCUT2D eigenvalue weighted by molar-refractivity contribution is -0.131. The first-order valence-electron chi connectivity index (χ1n) is 9.53. The fourth-order valence-electron chi connectivity index (χ4n) is 3.92. The number of likely N-dealkylation sites (tertiary alicyclic amines) is 1. The molecule has 1 aliphatic heterocycles. The molecule has 0 N–H and O–H groups in total. The molecule has 1 aliphatic rings. The minimum Gasteiger partial charge on any atom is -0.337 e. The molecule has 0 saturated carbocycles. The summed E-state index contributed by atoms with van der Waals surface area (Å²) >= 11 is 0. The van der Waals surface area contributed by atoms with Gasteiger partial charge in [0.15, 0.2) is 0 Å². The van der Waals surface area contributed by atoms with E-state index in [0.717, 1.165) is 36.4 Å². The molecule has 0 bridgehead atoms. The van der Waals surface area contributed by atoms with Crippen molar-refractivity contribution in [2.75, 3.05) is 26.7 Å². The van der Waals surface area contributed by atoms with Crippen LogP contribution >= 0.6 is 0 Å². The normalized spacial score (nSPS) is 17.5. The van der Waals surface area contributed by atoms with Gasteiger partial charge in [-0.05, 0) is 36.6 Å². The number of fused-ring (bicyclic) bond motifs is 1. The Morgan fingerprint density at radius 2 is 1.89 bits per heavy atom. The number of rotatable bonds is 5. The number of hydrogen-bond acceptors (Lipinski definition) is 3. The second-order valence-corrected chi connectivity index (χ2v) is 7.46. The summed E-state index contributed by atoms with van der Waals surface area (Å²) in [7, 11) is 3.88. The zero-order valence-corrected chi connectivity index (χ0v) is 16.0. The minimum absolute atomic E-state index is 0.149. The van der Waals surface area contributed by atoms with Crippen LogP contribution in [0.1, 0.15) is 23.7 Å². The Hall–Kier alpha value is -2.66. The van der Waals surface area contributed by atoms with Gasteiger partial charge in [0.1, 0.15) is 5.82 Å². The van der Waals surface area contributed by atoms with Crippen LogP contribution in [-0.2, 0) is 18.4 Å². The average molecular weight is 362 g/mol. The topological polar surface area (TPSA) is 41.4 Å². The quantitative estimate of drug-likeness (QED) is 0.701. The Balaban J connectivity index is 1.36. The van der Waals surface area contributed by atoms with Crippen molar-refractivity contribution in [2.45, 2.75) is 18.9 Å². The van der Waals surface area contributed by atoms with E-state index in [1.54, 1.807) is 4.90 Å². The number of benzene rings is 2. The highest BCUT2D eigenvalue weighted by atomic mass is 16.2. The summed E-state index contributed by atoms with van der Waals surface area (Å²) in [4.78, 5) is 21.5. The van der Waals surface area contributed by atoms with Gasteiger partial charge in [-0.2, -0.15) is 0 Å². The third-order valence-electron chi connectivity index (χ3n) is 5.59. The van der Waals surface area contributed by atoms with Crippen molar-refractivity contribution in [3.05, 3.63) is 66.0 Å². The molecule has 27 heavy (non-hydrogen) atoms. The van der Waals surface area contributed by atoms with Gasteiger partial charge in [0.2, 0.25) is 5.91 Å². The van der Waals surface area contributed by atoms with Gasteiger partial charge in [-0.25, -0.2) is 4.98 Å². The molecule has 0 radical (unpaired) electrons. The molecule has 5 heteroatoms. The third kappa shape index (κ3) is 3.74. The van der Waals surface area contributed by atoms with Gasteiger partial charge in [-0.1, -0.05) is 42.5 Å². The van der Waals surface area contributed by atoms with E-state index in [2.05, 4.69) is 50.8 Å². The number of imidazole rings is 1. The van der Waals surface area contributed by atoms with Crippen molar-refractivity contribution in [2.24, 2.45) is 7.05 Å². The van der Waals surface area contributed by atoms with Gasteiger partial charge in [0.05, 0.1) is 24.1 Å². The van der Waals surface area contributed by atoms with E-state index < -0.39 is 0 Å². The van der Waals surface area contributed by atoms with Crippen LogP contribution < -0.4 is 0 Å². The van der Waals surface area contributed by atoms with Crippen LogP contribution in [0.2, 0.25) is 0 Å². The summed E-state index contributed by atoms with van der Waals surface area (Å²) in [5, 5.41) is 0. The number of aryl methyl sites for hydroxylation is 1. The molecule has 0 spiro atoms. The predicted molar refractivity (Wildman–Crippen MR) is 107 cm³/mol. The summed E-state index contributed by atoms with van der Waals surface area (Å²) < 4.78 is 2.07. The molecular formula is C22H26N4O. The maximum absolute atomic E-state index is 12.7. The Morgan fingerprint density at radius 1 is 1.15 bits per heavy atom. The van der Waals surface area contributed by atoms with E-state index in [1.807, 2.05) is 32.3 Å². The number of aromatic nitrogens is 2. The number of carbonyl (C=O) groups excluding carboxylic acids is 1. The summed E-state index contributed by atoms with van der Waals surface area (Å²) in [6.07, 6.45) is 1.12. The first-order chi connectivity index (χ1) is 13.1. The molecule has 1 unspecified atom stereocenters. The van der Waals surface area contributed by atoms with Crippen LogP contribution in [0.4, 0.5) is 0 Å². The predicted octanol–water partition coefficient (Wildman–Crippen LogP) is 3.02. The van der Waals surface area contributed by atoms with Crippen LogP contribution in [0.3, 0.4) is 0 Å². The molecule has 2 aromatic carbocycles. The van der Waals surface area contributed by atoms with Crippen molar-refractivity contribution in [1.29, 1.82) is 0 Å². The van der Waals surface area contributed by atoms with Crippen LogP contribution in [0, 0.1) is 0 Å². The number of hydrogen-bond donors (Lipinski definition) is 0. The Kier molecular flexibility index (Phi) is 4.94. The van der Waals surface area contributed by atoms with Crippen LogP contribution in [0.25, 0.3) is 11.0 Å². The van der Waals surface area contributed by atoms with Gasteiger partial charge < -0.3 is 9.47 Å². The fourth-order valence-corrected chi connectivity index (χ4v) is 3.92. The van der Waals surface area contributed by atoms with Gasteiger partial charge in [0, 0.05) is 20.6 Å². The van der Waals surface area contributed by atoms with E-state index in [1.165, 1.54) is 5.56 Å². The summed E-state index contributed by atoms with van der Waals surface area (Å²) in [5.74, 6) is 1.59. The summed E-state index contributed by atoms with van der Waals surface area (Å²) in [6.45, 7) is 2.94. The summed E-state index contributed by atoms with van der Waals surface area (Å²) in [6, 6.07) is 18.7. The second-order valence-electron chi connectivity index (χ2n) is 7.46. The molecule has 0 aliphatic carbocycles. The Bertz CT molecular complexity index is 934. The van der Waals surface area contributed by atoms with Gasteiger partial charge in [0.25, 0.3) is 0 Å². The maximum atomic E-state index is 12.7. The highest BCUT2D eigenvalue weighted by Crippen LogP contribution is 2.26. The third-order valence-corrected chi connectivity index (χ3v) is 5.59. The van der Waals surface area contributed by atoms with E-state index in [4.69, 9.17) is 0 Å². The minimum atomic E-state index is 0.149. The largest absolute Gasteiger partial charge is 0.337 e. The van der Waals surface area contributed by atoms with E-state index in [9.17, 15) is 4.79 Å². The molecule has 2 heterocycles. The number of nitrogens with zero attached hydrogens (tertiary/aromatic N) is 4. The molecule has 140 valence electrons. The number of para-hydroxylation sites is 2. The zero-order chi connectivity index (χ0) is 18.8. The molecule has 3 aromatic rings. The molecular weight excluding hydrogens is 336 g/mol. The number of amides is 1. The van der Waals surface area contributed by atoms with Gasteiger partial charge >= 0.3 is 0 Å². The lowest BCUT2D eigenvalue weighted by Crippen LogP contribution is -2.37. The van der Waals surface area contributed by atoms with E-state index >= 15 is 0 Å². The lowest BCUT2D eigenvalue weighted by atomic mass is 9.99. The van der Waals surface area contributed by atoms with Crippen molar-refractivity contribution < 1.29 is 4.79 Å². The molecule has 1 atom stereocenters. The van der Waals surface area contributed by atoms with E-state index in [0.29, 0.717) is 19.0 Å². The zero-order valence-electron chi connectivity index (χ0n) is 16.0. The van der Waals surface area contributed by atoms with Gasteiger partial charge in [-0.15, -0.1) is 0 Å². The monoisotopic (exact) mass is 362 g/mol. The average Bonchev–Trinajstić information content (AvgIpc) is 3.28. The van der Waals surface area contributed by atoms with Crippen LogP contribution in [-0.4, -0.2) is 51.9 Å². The SMILES string of the molecule is CN(Cc1nc2ccccc2n1C)C(=O)CN1CCC(c2ccccc2)C1. The fraction of sp³-hybridized carbons (Fsp3) is 0.364. The molecule has 1 fully saturated rings. The first kappa shape index (κ1) is 17.7. The van der Waals surface area contributed by atoms with Crippen molar-refractivity contribution >= 4 is 16.9 Å². The maximum Gasteiger partial charge on any atom is 0.236 e. The molecule has 1 amide bonds. The van der Waals surface area contributed by atoms with Gasteiger partial charge in [-0.3, -0.25) is 9.69 Å².